The van der Waals surface area contributed by atoms with E-state index >= 15 is 0 Å². The number of piperazine rings is 1. The fourth-order valence-corrected chi connectivity index (χ4v) is 4.68. The van der Waals surface area contributed by atoms with Crippen LogP contribution >= 0.6 is 23.2 Å². The van der Waals surface area contributed by atoms with Crippen LogP contribution in [-0.2, 0) is 4.74 Å². The molecule has 2 aromatic heterocycles. The molecule has 11 heteroatoms. The summed E-state index contributed by atoms with van der Waals surface area (Å²) in [7, 11) is 0. The van der Waals surface area contributed by atoms with E-state index in [-0.39, 0.29) is 58.3 Å². The predicted molar refractivity (Wildman–Crippen MR) is 139 cm³/mol. The van der Waals surface area contributed by atoms with Gasteiger partial charge < -0.3 is 24.6 Å². The zero-order valence-corrected chi connectivity index (χ0v) is 22.8. The predicted octanol–water partition coefficient (Wildman–Crippen LogP) is 5.41. The van der Waals surface area contributed by atoms with Crippen molar-refractivity contribution in [3.8, 4) is 5.75 Å². The minimum Gasteiger partial charge on any atom is -0.489 e. The van der Waals surface area contributed by atoms with Crippen LogP contribution in [0.1, 0.15) is 62.2 Å². The number of carbonyl (C=O) groups is 2. The fraction of sp³-hybridized carbons (Fsp3) is 0.520. The van der Waals surface area contributed by atoms with E-state index in [4.69, 9.17) is 32.7 Å². The van der Waals surface area contributed by atoms with Crippen LogP contribution < -0.4 is 10.1 Å². The van der Waals surface area contributed by atoms with Crippen LogP contribution in [0.15, 0.2) is 12.3 Å². The molecule has 1 N–H and O–H groups in total. The summed E-state index contributed by atoms with van der Waals surface area (Å²) in [5.41, 5.74) is 2.12. The number of aryl methyl sites for hydroxylation is 1. The lowest BCUT2D eigenvalue weighted by molar-refractivity contribution is 0.000958. The van der Waals surface area contributed by atoms with Crippen LogP contribution in [-0.4, -0.2) is 69.7 Å². The normalized spacial score (nSPS) is 17.8. The van der Waals surface area contributed by atoms with E-state index in [2.05, 4.69) is 15.3 Å². The minimum atomic E-state index is -0.615. The topological polar surface area (TPSA) is 96.9 Å². The summed E-state index contributed by atoms with van der Waals surface area (Å²) in [6.07, 6.45) is 1.33. The van der Waals surface area contributed by atoms with E-state index < -0.39 is 11.7 Å². The van der Waals surface area contributed by atoms with Crippen molar-refractivity contribution in [3.63, 3.8) is 0 Å². The average molecular weight is 536 g/mol. The first-order valence-electron chi connectivity index (χ1n) is 11.9. The van der Waals surface area contributed by atoms with Crippen molar-refractivity contribution in [2.75, 3.05) is 31.6 Å². The second-order valence-electron chi connectivity index (χ2n) is 10.3. The number of amides is 2. The Labute approximate surface area is 221 Å². The van der Waals surface area contributed by atoms with Gasteiger partial charge in [0.15, 0.2) is 10.9 Å². The SMILES string of the molecule is Cc1ccnc(C(C)C)c1Nc1nc(Cl)c(Cl)c2c1C(=O)N1CCN(C(=O)OC(C)(C)C)C[C@@H]1CO2. The Morgan fingerprint density at radius 3 is 2.67 bits per heavy atom. The highest BCUT2D eigenvalue weighted by Gasteiger charge is 2.40. The molecule has 2 aromatic rings. The van der Waals surface area contributed by atoms with E-state index in [1.807, 2.05) is 47.6 Å². The second-order valence-corrected chi connectivity index (χ2v) is 11.1. The number of rotatable bonds is 3. The van der Waals surface area contributed by atoms with Gasteiger partial charge in [-0.1, -0.05) is 37.0 Å². The van der Waals surface area contributed by atoms with Crippen molar-refractivity contribution in [1.29, 1.82) is 0 Å². The highest BCUT2D eigenvalue weighted by atomic mass is 35.5. The van der Waals surface area contributed by atoms with Crippen LogP contribution in [0.25, 0.3) is 0 Å². The molecule has 4 rings (SSSR count). The first-order chi connectivity index (χ1) is 16.9. The molecule has 0 aliphatic carbocycles. The molecule has 1 atom stereocenters. The van der Waals surface area contributed by atoms with Gasteiger partial charge in [-0.25, -0.2) is 9.78 Å². The molecule has 2 aliphatic heterocycles. The van der Waals surface area contributed by atoms with Crippen molar-refractivity contribution in [2.45, 2.75) is 59.1 Å². The summed E-state index contributed by atoms with van der Waals surface area (Å²) in [5, 5.41) is 3.39. The van der Waals surface area contributed by atoms with Gasteiger partial charge in [0.1, 0.15) is 28.6 Å². The first-order valence-corrected chi connectivity index (χ1v) is 12.7. The molecule has 4 heterocycles. The van der Waals surface area contributed by atoms with Gasteiger partial charge in [-0.05, 0) is 45.2 Å². The molecule has 0 unspecified atom stereocenters. The smallest absolute Gasteiger partial charge is 0.410 e. The van der Waals surface area contributed by atoms with E-state index in [1.54, 1.807) is 16.0 Å². The molecule has 0 bridgehead atoms. The largest absolute Gasteiger partial charge is 0.489 e. The van der Waals surface area contributed by atoms with Gasteiger partial charge in [0.25, 0.3) is 5.91 Å². The maximum Gasteiger partial charge on any atom is 0.410 e. The van der Waals surface area contributed by atoms with Crippen molar-refractivity contribution >= 4 is 46.7 Å². The molecular formula is C25H31Cl2N5O4. The number of halogens is 2. The van der Waals surface area contributed by atoms with Crippen molar-refractivity contribution in [1.82, 2.24) is 19.8 Å². The summed E-state index contributed by atoms with van der Waals surface area (Å²) < 4.78 is 11.6. The molecule has 0 aromatic carbocycles. The number of nitrogens with one attached hydrogen (secondary N) is 1. The van der Waals surface area contributed by atoms with E-state index in [1.165, 1.54) is 0 Å². The molecule has 0 saturated carbocycles. The van der Waals surface area contributed by atoms with Crippen LogP contribution in [0.5, 0.6) is 5.75 Å². The Balaban J connectivity index is 1.69. The molecule has 2 aliphatic rings. The Morgan fingerprint density at radius 1 is 1.28 bits per heavy atom. The third-order valence-corrected chi connectivity index (χ3v) is 6.78. The minimum absolute atomic E-state index is 0.0219. The van der Waals surface area contributed by atoms with E-state index in [0.29, 0.717) is 13.1 Å². The highest BCUT2D eigenvalue weighted by Crippen LogP contribution is 2.42. The molecule has 0 radical (unpaired) electrons. The van der Waals surface area contributed by atoms with E-state index in [0.717, 1.165) is 16.9 Å². The van der Waals surface area contributed by atoms with Gasteiger partial charge in [-0.3, -0.25) is 9.78 Å². The maximum absolute atomic E-state index is 13.9. The van der Waals surface area contributed by atoms with Gasteiger partial charge in [0.2, 0.25) is 0 Å². The van der Waals surface area contributed by atoms with E-state index in [9.17, 15) is 9.59 Å². The molecule has 36 heavy (non-hydrogen) atoms. The van der Waals surface area contributed by atoms with Gasteiger partial charge in [0.05, 0.1) is 17.4 Å². The zero-order chi connectivity index (χ0) is 26.4. The monoisotopic (exact) mass is 535 g/mol. The summed E-state index contributed by atoms with van der Waals surface area (Å²) >= 11 is 12.8. The number of pyridine rings is 2. The van der Waals surface area contributed by atoms with Crippen LogP contribution in [0.4, 0.5) is 16.3 Å². The summed E-state index contributed by atoms with van der Waals surface area (Å²) in [5.74, 6) is 0.260. The molecule has 194 valence electrons. The Bertz CT molecular complexity index is 1200. The number of aromatic nitrogens is 2. The quantitative estimate of drug-likeness (QED) is 0.524. The molecule has 9 nitrogen and oxygen atoms in total. The van der Waals surface area contributed by atoms with Crippen LogP contribution in [0, 0.1) is 6.92 Å². The highest BCUT2D eigenvalue weighted by molar-refractivity contribution is 6.42. The third-order valence-electron chi connectivity index (χ3n) is 6.06. The molecule has 2 amide bonds. The first kappa shape index (κ1) is 26.3. The summed E-state index contributed by atoms with van der Waals surface area (Å²) in [4.78, 5) is 38.7. The van der Waals surface area contributed by atoms with Crippen molar-refractivity contribution in [3.05, 3.63) is 39.3 Å². The second kappa shape index (κ2) is 9.94. The fourth-order valence-electron chi connectivity index (χ4n) is 4.32. The number of hydrogen-bond donors (Lipinski definition) is 1. The maximum atomic E-state index is 13.9. The lowest BCUT2D eigenvalue weighted by Crippen LogP contribution is -2.58. The number of carbonyl (C=O) groups excluding carboxylic acids is 2. The van der Waals surface area contributed by atoms with Crippen LogP contribution in [0.3, 0.4) is 0 Å². The average Bonchev–Trinajstić information content (AvgIpc) is 2.93. The van der Waals surface area contributed by atoms with Crippen molar-refractivity contribution in [2.24, 2.45) is 0 Å². The molecule has 1 saturated heterocycles. The van der Waals surface area contributed by atoms with Crippen LogP contribution in [0.2, 0.25) is 10.2 Å². The number of ether oxygens (including phenoxy) is 2. The number of nitrogens with zero attached hydrogens (tertiary/aromatic N) is 4. The Hall–Kier alpha value is -2.78. The summed E-state index contributed by atoms with van der Waals surface area (Å²) in [6.45, 7) is 12.6. The molecule has 0 spiro atoms. The van der Waals surface area contributed by atoms with Gasteiger partial charge >= 0.3 is 6.09 Å². The Kier molecular flexibility index (Phi) is 7.26. The Morgan fingerprint density at radius 2 is 2.00 bits per heavy atom. The molecular weight excluding hydrogens is 505 g/mol. The number of anilines is 2. The standard InChI is InChI=1S/C25H31Cl2N5O4/c1-13(2)18-19(14(3)7-8-28-18)29-22-16-20(17(26)21(27)30-22)35-12-15-11-31(9-10-32(15)23(16)33)24(34)36-25(4,5)6/h7-8,13,15H,9-12H2,1-6H3,(H,29,30)/t15-/m1/s1. The lowest BCUT2D eigenvalue weighted by atomic mass is 10.0. The van der Waals surface area contributed by atoms with Gasteiger partial charge in [0, 0.05) is 25.8 Å². The third kappa shape index (κ3) is 5.18. The number of hydrogen-bond acceptors (Lipinski definition) is 7. The van der Waals surface area contributed by atoms with Crippen molar-refractivity contribution < 1.29 is 19.1 Å². The van der Waals surface area contributed by atoms with Gasteiger partial charge in [-0.15, -0.1) is 0 Å². The zero-order valence-electron chi connectivity index (χ0n) is 21.3. The van der Waals surface area contributed by atoms with Gasteiger partial charge in [-0.2, -0.15) is 0 Å². The summed E-state index contributed by atoms with van der Waals surface area (Å²) in [6, 6.07) is 1.49. The number of fused-ring (bicyclic) bond motifs is 2. The lowest BCUT2D eigenvalue weighted by Gasteiger charge is -2.40. The molecule has 1 fully saturated rings.